The van der Waals surface area contributed by atoms with Crippen molar-refractivity contribution in [3.63, 3.8) is 0 Å². The molecule has 4 aromatic carbocycles. The molecule has 0 saturated carbocycles. The summed E-state index contributed by atoms with van der Waals surface area (Å²) in [7, 11) is 0. The maximum absolute atomic E-state index is 14.3. The van der Waals surface area contributed by atoms with Crippen molar-refractivity contribution in [3.8, 4) is 5.75 Å². The molecule has 38 heavy (non-hydrogen) atoms. The molecule has 1 heterocycles. The summed E-state index contributed by atoms with van der Waals surface area (Å²) in [6.07, 6.45) is 1.92. The summed E-state index contributed by atoms with van der Waals surface area (Å²) in [4.78, 5) is 34.8. The molecule has 2 amide bonds. The molecule has 186 valence electrons. The van der Waals surface area contributed by atoms with Gasteiger partial charge in [0.15, 0.2) is 0 Å². The number of imide groups is 1. The second-order valence-corrected chi connectivity index (χ2v) is 10.1. The molecule has 0 aromatic heterocycles. The second kappa shape index (κ2) is 8.52. The molecule has 2 atom stereocenters. The maximum Gasteiger partial charge on any atom is 0.239 e. The zero-order valence-corrected chi connectivity index (χ0v) is 21.0. The molecule has 5 heteroatoms. The van der Waals surface area contributed by atoms with Crippen molar-refractivity contribution in [1.29, 1.82) is 0 Å². The molecule has 0 unspecified atom stereocenters. The zero-order chi connectivity index (χ0) is 25.9. The van der Waals surface area contributed by atoms with Gasteiger partial charge in [0, 0.05) is 12.1 Å². The van der Waals surface area contributed by atoms with Gasteiger partial charge in [-0.05, 0) is 65.6 Å². The lowest BCUT2D eigenvalue weighted by atomic mass is 9.47. The zero-order valence-electron chi connectivity index (χ0n) is 21.0. The van der Waals surface area contributed by atoms with Crippen LogP contribution in [0.1, 0.15) is 35.1 Å². The number of ether oxygens (including phenoxy) is 1. The van der Waals surface area contributed by atoms with Crippen LogP contribution in [0, 0.1) is 11.8 Å². The van der Waals surface area contributed by atoms with Crippen molar-refractivity contribution in [2.45, 2.75) is 18.3 Å². The Balaban J connectivity index is 1.46. The highest BCUT2D eigenvalue weighted by atomic mass is 16.5. The lowest BCUT2D eigenvalue weighted by Gasteiger charge is -2.52. The van der Waals surface area contributed by atoms with Crippen molar-refractivity contribution >= 4 is 29.4 Å². The number of hydrogen-bond acceptors (Lipinski definition) is 4. The quantitative estimate of drug-likeness (QED) is 0.249. The fraction of sp³-hybridized carbons (Fsp3) is 0.182. The van der Waals surface area contributed by atoms with Gasteiger partial charge < -0.3 is 4.74 Å². The van der Waals surface area contributed by atoms with Gasteiger partial charge >= 0.3 is 0 Å². The Morgan fingerprint density at radius 1 is 0.789 bits per heavy atom. The molecule has 0 spiro atoms. The molecule has 4 aromatic rings. The highest BCUT2D eigenvalue weighted by Crippen LogP contribution is 2.63. The molecular weight excluding hydrogens is 472 g/mol. The van der Waals surface area contributed by atoms with Crippen LogP contribution in [-0.2, 0) is 15.0 Å². The second-order valence-electron chi connectivity index (χ2n) is 10.1. The van der Waals surface area contributed by atoms with E-state index in [1.54, 1.807) is 0 Å². The number of aliphatic imine (C=N–C) groups is 1. The van der Waals surface area contributed by atoms with E-state index >= 15 is 0 Å². The van der Waals surface area contributed by atoms with Gasteiger partial charge in [-0.3, -0.25) is 14.6 Å². The van der Waals surface area contributed by atoms with Gasteiger partial charge in [-0.1, -0.05) is 66.7 Å². The molecule has 1 fully saturated rings. The van der Waals surface area contributed by atoms with Gasteiger partial charge in [0.05, 0.1) is 35.2 Å². The molecule has 5 nitrogen and oxygen atoms in total. The van der Waals surface area contributed by atoms with Crippen LogP contribution in [0.15, 0.2) is 108 Å². The third-order valence-corrected chi connectivity index (χ3v) is 8.26. The fourth-order valence-electron chi connectivity index (χ4n) is 6.85. The Morgan fingerprint density at radius 2 is 1.39 bits per heavy atom. The number of benzene rings is 4. The van der Waals surface area contributed by atoms with Gasteiger partial charge in [-0.2, -0.15) is 0 Å². The van der Waals surface area contributed by atoms with Crippen LogP contribution in [0.4, 0.5) is 11.4 Å². The summed E-state index contributed by atoms with van der Waals surface area (Å²) in [6, 6.07) is 33.4. The Morgan fingerprint density at radius 3 is 2.03 bits per heavy atom. The molecule has 3 aliphatic carbocycles. The van der Waals surface area contributed by atoms with Gasteiger partial charge in [-0.25, -0.2) is 4.90 Å². The topological polar surface area (TPSA) is 59.0 Å². The average Bonchev–Trinajstić information content (AvgIpc) is 3.24. The molecular formula is C33H26N2O3. The van der Waals surface area contributed by atoms with Crippen LogP contribution in [0.25, 0.3) is 0 Å². The minimum atomic E-state index is -0.874. The van der Waals surface area contributed by atoms with Crippen molar-refractivity contribution < 1.29 is 14.3 Å². The molecule has 0 N–H and O–H groups in total. The number of amides is 2. The number of hydrogen-bond donors (Lipinski definition) is 0. The van der Waals surface area contributed by atoms with Crippen molar-refractivity contribution in [3.05, 3.63) is 125 Å². The summed E-state index contributed by atoms with van der Waals surface area (Å²) in [5.74, 6) is -0.792. The summed E-state index contributed by atoms with van der Waals surface area (Å²) in [5, 5.41) is 0. The van der Waals surface area contributed by atoms with Crippen molar-refractivity contribution in [2.24, 2.45) is 16.8 Å². The largest absolute Gasteiger partial charge is 0.494 e. The van der Waals surface area contributed by atoms with Gasteiger partial charge in [0.2, 0.25) is 11.8 Å². The number of anilines is 1. The smallest absolute Gasteiger partial charge is 0.239 e. The first-order chi connectivity index (χ1) is 18.6. The van der Waals surface area contributed by atoms with E-state index in [0.717, 1.165) is 33.7 Å². The Labute approximate surface area is 221 Å². The predicted octanol–water partition coefficient (Wildman–Crippen LogP) is 6.04. The first-order valence-electron chi connectivity index (χ1n) is 13.0. The lowest BCUT2D eigenvalue weighted by molar-refractivity contribution is -0.122. The SMILES string of the molecule is CCOc1ccc(N=CC23c4ccccc4C(c4ccccc42)[C@H]2C(=O)N(c4ccccc4)C(=O)[C@@H]23)cc1. The monoisotopic (exact) mass is 498 g/mol. The molecule has 1 saturated heterocycles. The maximum atomic E-state index is 14.3. The normalized spacial score (nSPS) is 24.9. The number of rotatable bonds is 5. The van der Waals surface area contributed by atoms with Gasteiger partial charge in [0.25, 0.3) is 0 Å². The fourth-order valence-corrected chi connectivity index (χ4v) is 6.85. The Bertz CT molecular complexity index is 1540. The summed E-state index contributed by atoms with van der Waals surface area (Å²) >= 11 is 0. The van der Waals surface area contributed by atoms with Gasteiger partial charge in [-0.15, -0.1) is 0 Å². The Kier molecular flexibility index (Phi) is 5.08. The third-order valence-electron chi connectivity index (χ3n) is 8.26. The highest BCUT2D eigenvalue weighted by Gasteiger charge is 2.67. The molecule has 1 aliphatic heterocycles. The Hall–Kier alpha value is -4.51. The van der Waals surface area contributed by atoms with E-state index in [2.05, 4.69) is 24.3 Å². The molecule has 8 rings (SSSR count). The van der Waals surface area contributed by atoms with Crippen LogP contribution >= 0.6 is 0 Å². The standard InChI is InChI=1S/C33H26N2O3/c1-2-38-23-18-16-21(17-19-23)34-20-33-26-14-8-6-12-24(26)28(25-13-7-9-15-27(25)33)29-30(33)32(37)35(31(29)36)22-10-4-3-5-11-22/h3-20,28-30H,2H2,1H3/t28?,29-,30-,33?/m1/s1. The van der Waals surface area contributed by atoms with E-state index in [4.69, 9.17) is 9.73 Å². The summed E-state index contributed by atoms with van der Waals surface area (Å²) < 4.78 is 5.59. The number of nitrogens with zero attached hydrogens (tertiary/aromatic N) is 2. The predicted molar refractivity (Wildman–Crippen MR) is 147 cm³/mol. The van der Waals surface area contributed by atoms with Crippen LogP contribution in [0.5, 0.6) is 5.75 Å². The van der Waals surface area contributed by atoms with E-state index in [-0.39, 0.29) is 17.7 Å². The lowest BCUT2D eigenvalue weighted by Crippen LogP contribution is -2.54. The first kappa shape index (κ1) is 22.7. The van der Waals surface area contributed by atoms with E-state index in [1.807, 2.05) is 92.0 Å². The molecule has 0 radical (unpaired) electrons. The van der Waals surface area contributed by atoms with Crippen LogP contribution in [-0.4, -0.2) is 24.6 Å². The number of carbonyl (C=O) groups is 2. The van der Waals surface area contributed by atoms with Crippen LogP contribution in [0.2, 0.25) is 0 Å². The first-order valence-corrected chi connectivity index (χ1v) is 13.0. The number of para-hydroxylation sites is 1. The van der Waals surface area contributed by atoms with E-state index in [1.165, 1.54) is 4.90 Å². The van der Waals surface area contributed by atoms with Crippen molar-refractivity contribution in [1.82, 2.24) is 0 Å². The van der Waals surface area contributed by atoms with Crippen LogP contribution in [0.3, 0.4) is 0 Å². The van der Waals surface area contributed by atoms with Crippen molar-refractivity contribution in [2.75, 3.05) is 11.5 Å². The van der Waals surface area contributed by atoms with E-state index in [0.29, 0.717) is 12.3 Å². The number of carbonyl (C=O) groups excluding carboxylic acids is 2. The summed E-state index contributed by atoms with van der Waals surface area (Å²) in [5.41, 5.74) is 4.80. The third kappa shape index (κ3) is 3.02. The minimum absolute atomic E-state index is 0.140. The average molecular weight is 499 g/mol. The van der Waals surface area contributed by atoms with Gasteiger partial charge in [0.1, 0.15) is 5.75 Å². The minimum Gasteiger partial charge on any atom is -0.494 e. The van der Waals surface area contributed by atoms with E-state index in [9.17, 15) is 9.59 Å². The van der Waals surface area contributed by atoms with Crippen LogP contribution < -0.4 is 9.64 Å². The highest BCUT2D eigenvalue weighted by molar-refractivity contribution is 6.25. The van der Waals surface area contributed by atoms with E-state index < -0.39 is 17.3 Å². The summed E-state index contributed by atoms with van der Waals surface area (Å²) in [6.45, 7) is 2.55. The molecule has 4 aliphatic rings. The molecule has 2 bridgehead atoms.